The second-order valence-electron chi connectivity index (χ2n) is 5.88. The molecule has 7 heteroatoms. The van der Waals surface area contributed by atoms with E-state index in [1.54, 1.807) is 4.90 Å². The monoisotopic (exact) mass is 340 g/mol. The lowest BCUT2D eigenvalue weighted by atomic mass is 10.0. The third-order valence-electron chi connectivity index (χ3n) is 4.06. The number of likely N-dealkylation sites (tertiary alicyclic amines) is 1. The highest BCUT2D eigenvalue weighted by atomic mass is 19.2. The highest BCUT2D eigenvalue weighted by Gasteiger charge is 2.23. The quantitative estimate of drug-likeness (QED) is 0.809. The smallest absolute Gasteiger partial charge is 0.305 e. The van der Waals surface area contributed by atoms with E-state index in [-0.39, 0.29) is 24.3 Å². The maximum absolute atomic E-state index is 13.3. The summed E-state index contributed by atoms with van der Waals surface area (Å²) in [6, 6.07) is 3.67. The molecule has 1 heterocycles. The van der Waals surface area contributed by atoms with Crippen LogP contribution in [-0.4, -0.2) is 43.0 Å². The number of ether oxygens (including phenoxy) is 1. The Hall–Kier alpha value is -2.18. The molecule has 1 aliphatic rings. The third-order valence-corrected chi connectivity index (χ3v) is 4.06. The van der Waals surface area contributed by atoms with E-state index in [9.17, 15) is 18.4 Å². The first-order valence-electron chi connectivity index (χ1n) is 8.05. The SMILES string of the molecule is COC(=O)CCCC(=O)N1CCCC(Nc2ccc(F)c(F)c2)C1. The van der Waals surface area contributed by atoms with Gasteiger partial charge in [0, 0.05) is 43.7 Å². The van der Waals surface area contributed by atoms with Gasteiger partial charge in [0.1, 0.15) is 0 Å². The van der Waals surface area contributed by atoms with E-state index in [0.717, 1.165) is 25.0 Å². The van der Waals surface area contributed by atoms with Gasteiger partial charge in [-0.3, -0.25) is 9.59 Å². The van der Waals surface area contributed by atoms with Crippen molar-refractivity contribution in [2.24, 2.45) is 0 Å². The fourth-order valence-corrected chi connectivity index (χ4v) is 2.79. The number of amides is 1. The summed E-state index contributed by atoms with van der Waals surface area (Å²) in [5.41, 5.74) is 0.499. The van der Waals surface area contributed by atoms with E-state index in [2.05, 4.69) is 10.1 Å². The van der Waals surface area contributed by atoms with Crippen molar-refractivity contribution in [3.63, 3.8) is 0 Å². The Kier molecular flexibility index (Phi) is 6.52. The molecule has 1 N–H and O–H groups in total. The molecule has 2 rings (SSSR count). The molecule has 0 aromatic heterocycles. The van der Waals surface area contributed by atoms with Crippen LogP contribution < -0.4 is 5.32 Å². The Balaban J connectivity index is 1.83. The summed E-state index contributed by atoms with van der Waals surface area (Å²) < 4.78 is 30.8. The normalized spacial score (nSPS) is 17.5. The van der Waals surface area contributed by atoms with Gasteiger partial charge in [0.25, 0.3) is 0 Å². The molecule has 1 saturated heterocycles. The van der Waals surface area contributed by atoms with E-state index in [1.165, 1.54) is 13.2 Å². The molecule has 24 heavy (non-hydrogen) atoms. The van der Waals surface area contributed by atoms with Crippen LogP contribution in [-0.2, 0) is 14.3 Å². The molecule has 0 aliphatic carbocycles. The first kappa shape index (κ1) is 18.2. The number of piperidine rings is 1. The van der Waals surface area contributed by atoms with Crippen LogP contribution in [0.15, 0.2) is 18.2 Å². The summed E-state index contributed by atoms with van der Waals surface area (Å²) in [7, 11) is 1.32. The summed E-state index contributed by atoms with van der Waals surface area (Å²) in [6.45, 7) is 1.18. The van der Waals surface area contributed by atoms with Crippen LogP contribution in [0.5, 0.6) is 0 Å². The first-order chi connectivity index (χ1) is 11.5. The Morgan fingerprint density at radius 1 is 1.29 bits per heavy atom. The number of carbonyl (C=O) groups excluding carboxylic acids is 2. The van der Waals surface area contributed by atoms with Crippen molar-refractivity contribution in [1.82, 2.24) is 4.90 Å². The van der Waals surface area contributed by atoms with Gasteiger partial charge in [-0.05, 0) is 31.4 Å². The summed E-state index contributed by atoms with van der Waals surface area (Å²) in [4.78, 5) is 25.0. The van der Waals surface area contributed by atoms with Gasteiger partial charge in [-0.1, -0.05) is 0 Å². The molecule has 1 amide bonds. The molecule has 0 bridgehead atoms. The molecule has 5 nitrogen and oxygen atoms in total. The van der Waals surface area contributed by atoms with E-state index in [1.807, 2.05) is 0 Å². The highest BCUT2D eigenvalue weighted by molar-refractivity contribution is 5.77. The average Bonchev–Trinajstić information content (AvgIpc) is 2.58. The van der Waals surface area contributed by atoms with E-state index >= 15 is 0 Å². The molecule has 1 fully saturated rings. The minimum Gasteiger partial charge on any atom is -0.469 e. The lowest BCUT2D eigenvalue weighted by Crippen LogP contribution is -2.45. The van der Waals surface area contributed by atoms with Gasteiger partial charge in [0.2, 0.25) is 5.91 Å². The predicted octanol–water partition coefficient (Wildman–Crippen LogP) is 2.71. The van der Waals surface area contributed by atoms with Gasteiger partial charge in [-0.2, -0.15) is 0 Å². The summed E-state index contributed by atoms with van der Waals surface area (Å²) in [5.74, 6) is -2.10. The minimum absolute atomic E-state index is 0.00399. The van der Waals surface area contributed by atoms with E-state index < -0.39 is 11.6 Å². The molecule has 1 unspecified atom stereocenters. The van der Waals surface area contributed by atoms with Crippen LogP contribution in [0, 0.1) is 11.6 Å². The van der Waals surface area contributed by atoms with Crippen LogP contribution in [0.2, 0.25) is 0 Å². The van der Waals surface area contributed by atoms with E-state index in [0.29, 0.717) is 31.6 Å². The number of anilines is 1. The van der Waals surface area contributed by atoms with Gasteiger partial charge in [0.15, 0.2) is 11.6 Å². The molecule has 1 aromatic carbocycles. The predicted molar refractivity (Wildman–Crippen MR) is 85.4 cm³/mol. The number of halogens is 2. The molecule has 0 saturated carbocycles. The van der Waals surface area contributed by atoms with Crippen molar-refractivity contribution in [3.8, 4) is 0 Å². The second kappa shape index (κ2) is 8.61. The number of hydrogen-bond donors (Lipinski definition) is 1. The topological polar surface area (TPSA) is 58.6 Å². The van der Waals surface area contributed by atoms with Gasteiger partial charge in [-0.25, -0.2) is 8.78 Å². The zero-order valence-corrected chi connectivity index (χ0v) is 13.7. The number of hydrogen-bond acceptors (Lipinski definition) is 4. The zero-order valence-electron chi connectivity index (χ0n) is 13.7. The van der Waals surface area contributed by atoms with Crippen molar-refractivity contribution in [1.29, 1.82) is 0 Å². The van der Waals surface area contributed by atoms with E-state index in [4.69, 9.17) is 0 Å². The summed E-state index contributed by atoms with van der Waals surface area (Å²) >= 11 is 0. The van der Waals surface area contributed by atoms with Crippen molar-refractivity contribution < 1.29 is 23.1 Å². The number of nitrogens with zero attached hydrogens (tertiary/aromatic N) is 1. The molecule has 1 atom stereocenters. The van der Waals surface area contributed by atoms with Gasteiger partial charge in [-0.15, -0.1) is 0 Å². The standard InChI is InChI=1S/C17H22F2N2O3/c1-24-17(23)6-2-5-16(22)21-9-3-4-13(11-21)20-12-7-8-14(18)15(19)10-12/h7-8,10,13,20H,2-6,9,11H2,1H3. The van der Waals surface area contributed by atoms with Crippen molar-refractivity contribution in [3.05, 3.63) is 29.8 Å². The van der Waals surface area contributed by atoms with Gasteiger partial charge < -0.3 is 15.0 Å². The summed E-state index contributed by atoms with van der Waals surface area (Å²) in [5, 5.41) is 3.14. The summed E-state index contributed by atoms with van der Waals surface area (Å²) in [6.07, 6.45) is 2.68. The molecule has 132 valence electrons. The molecule has 0 radical (unpaired) electrons. The lowest BCUT2D eigenvalue weighted by molar-refractivity contribution is -0.141. The number of methoxy groups -OCH3 is 1. The number of nitrogens with one attached hydrogen (secondary N) is 1. The van der Waals surface area contributed by atoms with Crippen molar-refractivity contribution in [2.75, 3.05) is 25.5 Å². The Bertz CT molecular complexity index is 595. The van der Waals surface area contributed by atoms with Crippen LogP contribution >= 0.6 is 0 Å². The largest absolute Gasteiger partial charge is 0.469 e. The molecular weight excluding hydrogens is 318 g/mol. The van der Waals surface area contributed by atoms with Crippen LogP contribution in [0.1, 0.15) is 32.1 Å². The maximum atomic E-state index is 13.3. The van der Waals surface area contributed by atoms with Gasteiger partial charge in [0.05, 0.1) is 7.11 Å². The number of rotatable bonds is 6. The molecule has 0 spiro atoms. The average molecular weight is 340 g/mol. The number of carbonyl (C=O) groups is 2. The van der Waals surface area contributed by atoms with Crippen LogP contribution in [0.4, 0.5) is 14.5 Å². The third kappa shape index (κ3) is 5.18. The van der Waals surface area contributed by atoms with Gasteiger partial charge >= 0.3 is 5.97 Å². The second-order valence-corrected chi connectivity index (χ2v) is 5.88. The zero-order chi connectivity index (χ0) is 17.5. The Labute approximate surface area is 140 Å². The molecule has 1 aliphatic heterocycles. The van der Waals surface area contributed by atoms with Crippen LogP contribution in [0.25, 0.3) is 0 Å². The van der Waals surface area contributed by atoms with Crippen LogP contribution in [0.3, 0.4) is 0 Å². The minimum atomic E-state index is -0.897. The van der Waals surface area contributed by atoms with Crippen molar-refractivity contribution in [2.45, 2.75) is 38.1 Å². The lowest BCUT2D eigenvalue weighted by Gasteiger charge is -2.33. The number of benzene rings is 1. The Morgan fingerprint density at radius 3 is 2.79 bits per heavy atom. The first-order valence-corrected chi connectivity index (χ1v) is 8.05. The van der Waals surface area contributed by atoms with Crippen molar-refractivity contribution >= 4 is 17.6 Å². The number of esters is 1. The molecule has 1 aromatic rings. The highest BCUT2D eigenvalue weighted by Crippen LogP contribution is 2.19. The molecular formula is C17H22F2N2O3. The fourth-order valence-electron chi connectivity index (χ4n) is 2.79. The fraction of sp³-hybridized carbons (Fsp3) is 0.529. The Morgan fingerprint density at radius 2 is 2.08 bits per heavy atom. The maximum Gasteiger partial charge on any atom is 0.305 e.